The van der Waals surface area contributed by atoms with Gasteiger partial charge in [-0.2, -0.15) is 13.2 Å². The van der Waals surface area contributed by atoms with Gasteiger partial charge in [0.2, 0.25) is 0 Å². The van der Waals surface area contributed by atoms with Gasteiger partial charge in [-0.25, -0.2) is 13.2 Å². The summed E-state index contributed by atoms with van der Waals surface area (Å²) in [5.41, 5.74) is -0.933. The first-order chi connectivity index (χ1) is 8.21. The second kappa shape index (κ2) is 5.98. The van der Waals surface area contributed by atoms with Gasteiger partial charge in [-0.1, -0.05) is 0 Å². The monoisotopic (exact) mass is 305 g/mol. The molecule has 1 atom stereocenters. The van der Waals surface area contributed by atoms with Crippen LogP contribution in [0.3, 0.4) is 0 Å². The standard InChI is InChI=1S/C10H18F3NO4S/c1-9(2,3)18-8(15)14-7(10(11,12)13)5-6-19(4,16)17/h7H,5-6H2,1-4H3,(H,14,15). The number of rotatable bonds is 4. The number of ether oxygens (including phenoxy) is 1. The lowest BCUT2D eigenvalue weighted by Gasteiger charge is -2.24. The van der Waals surface area contributed by atoms with Crippen LogP contribution in [0.4, 0.5) is 18.0 Å². The fraction of sp³-hybridized carbons (Fsp3) is 0.900. The van der Waals surface area contributed by atoms with Crippen LogP contribution in [0.15, 0.2) is 0 Å². The molecule has 5 nitrogen and oxygen atoms in total. The normalized spacial score (nSPS) is 14.9. The Labute approximate surface area is 110 Å². The van der Waals surface area contributed by atoms with Crippen LogP contribution in [0.2, 0.25) is 0 Å². The molecule has 0 spiro atoms. The summed E-state index contributed by atoms with van der Waals surface area (Å²) in [7, 11) is -3.54. The van der Waals surface area contributed by atoms with Gasteiger partial charge in [-0.3, -0.25) is 0 Å². The van der Waals surface area contributed by atoms with Crippen molar-refractivity contribution in [1.29, 1.82) is 0 Å². The Balaban J connectivity index is 4.67. The van der Waals surface area contributed by atoms with Gasteiger partial charge < -0.3 is 10.1 Å². The van der Waals surface area contributed by atoms with Crippen LogP contribution in [-0.2, 0) is 14.6 Å². The molecule has 0 heterocycles. The van der Waals surface area contributed by atoms with Gasteiger partial charge in [-0.05, 0) is 27.2 Å². The molecule has 0 aliphatic heterocycles. The summed E-state index contributed by atoms with van der Waals surface area (Å²) < 4.78 is 64.3. The van der Waals surface area contributed by atoms with E-state index >= 15 is 0 Å². The second-order valence-electron chi connectivity index (χ2n) is 5.16. The van der Waals surface area contributed by atoms with Gasteiger partial charge in [0.15, 0.2) is 0 Å². The highest BCUT2D eigenvalue weighted by atomic mass is 32.2. The number of hydrogen-bond acceptors (Lipinski definition) is 4. The van der Waals surface area contributed by atoms with Crippen LogP contribution in [0.1, 0.15) is 27.2 Å². The Morgan fingerprint density at radius 3 is 2.05 bits per heavy atom. The molecule has 0 saturated carbocycles. The number of sulfone groups is 1. The van der Waals surface area contributed by atoms with Crippen molar-refractivity contribution in [3.63, 3.8) is 0 Å². The highest BCUT2D eigenvalue weighted by Crippen LogP contribution is 2.23. The number of carbonyl (C=O) groups is 1. The van der Waals surface area contributed by atoms with E-state index in [1.54, 1.807) is 5.32 Å². The van der Waals surface area contributed by atoms with E-state index in [-0.39, 0.29) is 0 Å². The van der Waals surface area contributed by atoms with Crippen molar-refractivity contribution in [2.24, 2.45) is 0 Å². The Morgan fingerprint density at radius 2 is 1.74 bits per heavy atom. The highest BCUT2D eigenvalue weighted by molar-refractivity contribution is 7.90. The van der Waals surface area contributed by atoms with Crippen LogP contribution in [-0.4, -0.2) is 44.3 Å². The van der Waals surface area contributed by atoms with E-state index in [9.17, 15) is 26.4 Å². The molecule has 0 radical (unpaired) electrons. The Bertz CT molecular complexity index is 411. The summed E-state index contributed by atoms with van der Waals surface area (Å²) in [6, 6.07) is -2.25. The zero-order valence-corrected chi connectivity index (χ0v) is 12.0. The first kappa shape index (κ1) is 18.0. The quantitative estimate of drug-likeness (QED) is 0.860. The molecule has 0 aromatic carbocycles. The minimum absolute atomic E-state index is 0.674. The van der Waals surface area contributed by atoms with E-state index in [1.165, 1.54) is 20.8 Å². The Kier molecular flexibility index (Phi) is 5.66. The van der Waals surface area contributed by atoms with Gasteiger partial charge in [0, 0.05) is 6.26 Å². The SMILES string of the molecule is CC(C)(C)OC(=O)NC(CCS(C)(=O)=O)C(F)(F)F. The molecule has 0 aromatic heterocycles. The maximum Gasteiger partial charge on any atom is 0.408 e. The lowest BCUT2D eigenvalue weighted by atomic mass is 10.2. The predicted octanol–water partition coefficient (Wildman–Crippen LogP) is 1.88. The molecular weight excluding hydrogens is 287 g/mol. The molecule has 1 amide bonds. The third-order valence-corrected chi connectivity index (χ3v) is 2.84. The molecule has 114 valence electrons. The smallest absolute Gasteiger partial charge is 0.408 e. The van der Waals surface area contributed by atoms with Crippen molar-refractivity contribution in [3.05, 3.63) is 0 Å². The summed E-state index contributed by atoms with van der Waals surface area (Å²) in [4.78, 5) is 11.3. The van der Waals surface area contributed by atoms with Gasteiger partial charge in [-0.15, -0.1) is 0 Å². The van der Waals surface area contributed by atoms with E-state index in [0.29, 0.717) is 0 Å². The molecule has 9 heteroatoms. The third-order valence-electron chi connectivity index (χ3n) is 1.86. The first-order valence-corrected chi connectivity index (χ1v) is 7.51. The summed E-state index contributed by atoms with van der Waals surface area (Å²) in [6.07, 6.45) is -5.89. The summed E-state index contributed by atoms with van der Waals surface area (Å²) in [5, 5.41) is 1.64. The summed E-state index contributed by atoms with van der Waals surface area (Å²) in [6.45, 7) is 4.52. The molecule has 0 bridgehead atoms. The first-order valence-electron chi connectivity index (χ1n) is 5.45. The van der Waals surface area contributed by atoms with Crippen molar-refractivity contribution >= 4 is 15.9 Å². The van der Waals surface area contributed by atoms with Crippen molar-refractivity contribution in [2.75, 3.05) is 12.0 Å². The number of hydrogen-bond donors (Lipinski definition) is 1. The van der Waals surface area contributed by atoms with Gasteiger partial charge in [0.1, 0.15) is 21.5 Å². The molecule has 0 rings (SSSR count). The van der Waals surface area contributed by atoms with Crippen molar-refractivity contribution in [1.82, 2.24) is 5.32 Å². The second-order valence-corrected chi connectivity index (χ2v) is 7.42. The van der Waals surface area contributed by atoms with Crippen LogP contribution < -0.4 is 5.32 Å². The Hall–Kier alpha value is -0.990. The maximum absolute atomic E-state index is 12.6. The van der Waals surface area contributed by atoms with Crippen LogP contribution >= 0.6 is 0 Å². The molecule has 0 aromatic rings. The van der Waals surface area contributed by atoms with E-state index in [4.69, 9.17) is 4.74 Å². The number of carbonyl (C=O) groups excluding carboxylic acids is 1. The average Bonchev–Trinajstić information content (AvgIpc) is 2.05. The van der Waals surface area contributed by atoms with E-state index in [0.717, 1.165) is 6.26 Å². The number of amides is 1. The van der Waals surface area contributed by atoms with E-state index in [1.807, 2.05) is 0 Å². The molecule has 19 heavy (non-hydrogen) atoms. The van der Waals surface area contributed by atoms with E-state index in [2.05, 4.69) is 0 Å². The molecular formula is C10H18F3NO4S. The highest BCUT2D eigenvalue weighted by Gasteiger charge is 2.41. The van der Waals surface area contributed by atoms with Crippen molar-refractivity contribution in [3.8, 4) is 0 Å². The van der Waals surface area contributed by atoms with Crippen molar-refractivity contribution in [2.45, 2.75) is 45.0 Å². The fourth-order valence-corrected chi connectivity index (χ4v) is 1.76. The van der Waals surface area contributed by atoms with Gasteiger partial charge in [0.25, 0.3) is 0 Å². The molecule has 1 N–H and O–H groups in total. The molecule has 0 aliphatic carbocycles. The molecule has 1 unspecified atom stereocenters. The van der Waals surface area contributed by atoms with E-state index < -0.39 is 45.9 Å². The largest absolute Gasteiger partial charge is 0.444 e. The topological polar surface area (TPSA) is 72.5 Å². The average molecular weight is 305 g/mol. The minimum Gasteiger partial charge on any atom is -0.444 e. The number of alkyl carbamates (subject to hydrolysis) is 1. The zero-order chi connectivity index (χ0) is 15.5. The Morgan fingerprint density at radius 1 is 1.26 bits per heavy atom. The summed E-state index contributed by atoms with van der Waals surface area (Å²) >= 11 is 0. The number of alkyl halides is 3. The third kappa shape index (κ3) is 9.57. The van der Waals surface area contributed by atoms with Gasteiger partial charge >= 0.3 is 12.3 Å². The predicted molar refractivity (Wildman–Crippen MR) is 63.5 cm³/mol. The molecule has 0 saturated heterocycles. The van der Waals surface area contributed by atoms with Gasteiger partial charge in [0.05, 0.1) is 5.75 Å². The fourth-order valence-electron chi connectivity index (χ4n) is 1.10. The van der Waals surface area contributed by atoms with Crippen LogP contribution in [0.25, 0.3) is 0 Å². The van der Waals surface area contributed by atoms with Crippen molar-refractivity contribution < 1.29 is 31.1 Å². The maximum atomic E-state index is 12.6. The lowest BCUT2D eigenvalue weighted by Crippen LogP contribution is -2.48. The zero-order valence-electron chi connectivity index (χ0n) is 11.2. The van der Waals surface area contributed by atoms with Crippen LogP contribution in [0.5, 0.6) is 0 Å². The number of halogens is 3. The molecule has 0 aliphatic rings. The summed E-state index contributed by atoms with van der Waals surface area (Å²) in [5.74, 6) is -0.674. The lowest BCUT2D eigenvalue weighted by molar-refractivity contribution is -0.155. The number of nitrogens with one attached hydrogen (secondary N) is 1. The molecule has 0 fully saturated rings. The van der Waals surface area contributed by atoms with Crippen LogP contribution in [0, 0.1) is 0 Å². The minimum atomic E-state index is -4.73.